The monoisotopic (exact) mass is 484 g/mol. The van der Waals surface area contributed by atoms with Crippen molar-refractivity contribution in [2.75, 3.05) is 18.0 Å². The molecule has 0 saturated carbocycles. The van der Waals surface area contributed by atoms with Crippen molar-refractivity contribution in [2.24, 2.45) is 0 Å². The van der Waals surface area contributed by atoms with Crippen molar-refractivity contribution in [1.29, 1.82) is 0 Å². The molecule has 0 radical (unpaired) electrons. The van der Waals surface area contributed by atoms with Crippen molar-refractivity contribution >= 4 is 39.0 Å². The number of rotatable bonds is 4. The third kappa shape index (κ3) is 5.39. The summed E-state index contributed by atoms with van der Waals surface area (Å²) in [5, 5.41) is 3.04. The predicted octanol–water partition coefficient (Wildman–Crippen LogP) is 5.34. The molecule has 3 aromatic rings. The number of carbonyl (C=O) groups is 1. The molecule has 6 nitrogen and oxygen atoms in total. The normalized spacial score (nSPS) is 17.0. The summed E-state index contributed by atoms with van der Waals surface area (Å²) in [5.41, 5.74) is 2.81. The lowest BCUT2D eigenvalue weighted by Gasteiger charge is -2.34. The van der Waals surface area contributed by atoms with Crippen LogP contribution in [0.1, 0.15) is 39.2 Å². The van der Waals surface area contributed by atoms with Crippen LogP contribution in [0.2, 0.25) is 0 Å². The minimum atomic E-state index is -0.503. The van der Waals surface area contributed by atoms with Crippen LogP contribution in [-0.2, 0) is 11.3 Å². The summed E-state index contributed by atoms with van der Waals surface area (Å²) in [4.78, 5) is 19.5. The molecule has 164 valence electrons. The number of alkyl carbamates (subject to hydrolysis) is 1. The van der Waals surface area contributed by atoms with Gasteiger partial charge in [-0.3, -0.25) is 0 Å². The molecular weight excluding hydrogens is 456 g/mol. The van der Waals surface area contributed by atoms with Gasteiger partial charge in [0.25, 0.3) is 0 Å². The Morgan fingerprint density at radius 1 is 1.19 bits per heavy atom. The van der Waals surface area contributed by atoms with Gasteiger partial charge in [0, 0.05) is 23.6 Å². The third-order valence-electron chi connectivity index (χ3n) is 5.31. The summed E-state index contributed by atoms with van der Waals surface area (Å²) in [5.74, 6) is 0.944. The van der Waals surface area contributed by atoms with E-state index in [-0.39, 0.29) is 12.1 Å². The zero-order valence-corrected chi connectivity index (χ0v) is 19.9. The number of imidazole rings is 1. The molecule has 1 aliphatic rings. The van der Waals surface area contributed by atoms with Gasteiger partial charge in [-0.25, -0.2) is 9.78 Å². The topological polar surface area (TPSA) is 59.4 Å². The zero-order chi connectivity index (χ0) is 22.0. The van der Waals surface area contributed by atoms with Gasteiger partial charge in [-0.1, -0.05) is 40.2 Å². The fraction of sp³-hybridized carbons (Fsp3) is 0.417. The van der Waals surface area contributed by atoms with Gasteiger partial charge in [0.1, 0.15) is 5.60 Å². The Hall–Kier alpha value is -2.54. The highest BCUT2D eigenvalue weighted by Gasteiger charge is 2.27. The van der Waals surface area contributed by atoms with Gasteiger partial charge in [0.2, 0.25) is 5.95 Å². The highest BCUT2D eigenvalue weighted by atomic mass is 79.9. The van der Waals surface area contributed by atoms with Crippen molar-refractivity contribution in [2.45, 2.75) is 51.8 Å². The number of halogens is 1. The molecule has 31 heavy (non-hydrogen) atoms. The Morgan fingerprint density at radius 2 is 1.94 bits per heavy atom. The molecule has 1 fully saturated rings. The van der Waals surface area contributed by atoms with Crippen LogP contribution in [0.15, 0.2) is 53.0 Å². The number of fused-ring (bicyclic) bond motifs is 1. The number of carbonyl (C=O) groups excluding carboxylic acids is 1. The highest BCUT2D eigenvalue weighted by molar-refractivity contribution is 9.10. The second-order valence-corrected chi connectivity index (χ2v) is 9.96. The maximum absolute atomic E-state index is 12.3. The fourth-order valence-corrected chi connectivity index (χ4v) is 4.25. The lowest BCUT2D eigenvalue weighted by Crippen LogP contribution is -2.49. The minimum absolute atomic E-state index is 0.0320. The Bertz CT molecular complexity index is 1060. The SMILES string of the molecule is CC(C)(C)OC(=O)N[C@H]1CCCN(c2nc3ccccc3n2Cc2ccc(Br)cc2)C1. The van der Waals surface area contributed by atoms with E-state index >= 15 is 0 Å². The van der Waals surface area contributed by atoms with Crippen molar-refractivity contribution < 1.29 is 9.53 Å². The molecule has 1 aliphatic heterocycles. The molecule has 1 aromatic heterocycles. The van der Waals surface area contributed by atoms with Crippen LogP contribution < -0.4 is 10.2 Å². The van der Waals surface area contributed by atoms with Crippen LogP contribution in [0, 0.1) is 0 Å². The van der Waals surface area contributed by atoms with Gasteiger partial charge >= 0.3 is 6.09 Å². The van der Waals surface area contributed by atoms with E-state index in [2.05, 4.69) is 73.2 Å². The maximum Gasteiger partial charge on any atom is 0.407 e. The number of hydrogen-bond acceptors (Lipinski definition) is 4. The highest BCUT2D eigenvalue weighted by Crippen LogP contribution is 2.27. The standard InChI is InChI=1S/C24H29BrN4O2/c1-24(2,3)31-23(30)26-19-7-6-14-28(16-19)22-27-20-8-4-5-9-21(20)29(22)15-17-10-12-18(25)13-11-17/h4-5,8-13,19H,6-7,14-16H2,1-3H3,(H,26,30)/t19-/m0/s1. The largest absolute Gasteiger partial charge is 0.444 e. The molecule has 1 atom stereocenters. The molecule has 4 rings (SSSR count). The summed E-state index contributed by atoms with van der Waals surface area (Å²) >= 11 is 3.51. The fourth-order valence-electron chi connectivity index (χ4n) is 3.98. The van der Waals surface area contributed by atoms with E-state index in [1.165, 1.54) is 5.56 Å². The summed E-state index contributed by atoms with van der Waals surface area (Å²) in [6.07, 6.45) is 1.56. The third-order valence-corrected chi connectivity index (χ3v) is 5.84. The summed E-state index contributed by atoms with van der Waals surface area (Å²) in [6, 6.07) is 16.7. The number of benzene rings is 2. The van der Waals surface area contributed by atoms with Gasteiger partial charge < -0.3 is 19.5 Å². The molecular formula is C24H29BrN4O2. The number of nitrogens with zero attached hydrogens (tertiary/aromatic N) is 3. The Morgan fingerprint density at radius 3 is 2.68 bits per heavy atom. The number of ether oxygens (including phenoxy) is 1. The Labute approximate surface area is 191 Å². The van der Waals surface area contributed by atoms with Crippen molar-refractivity contribution in [3.05, 3.63) is 58.6 Å². The average Bonchev–Trinajstić information content (AvgIpc) is 3.07. The molecule has 0 aliphatic carbocycles. The van der Waals surface area contributed by atoms with E-state index < -0.39 is 5.60 Å². The minimum Gasteiger partial charge on any atom is -0.444 e. The molecule has 1 amide bonds. The first-order chi connectivity index (χ1) is 14.8. The zero-order valence-electron chi connectivity index (χ0n) is 18.3. The second-order valence-electron chi connectivity index (χ2n) is 9.04. The molecule has 0 spiro atoms. The predicted molar refractivity (Wildman–Crippen MR) is 128 cm³/mol. The van der Waals surface area contributed by atoms with Crippen molar-refractivity contribution in [3.8, 4) is 0 Å². The Balaban J connectivity index is 1.58. The van der Waals surface area contributed by atoms with E-state index in [1.54, 1.807) is 0 Å². The molecule has 2 heterocycles. The number of amides is 1. The molecule has 0 unspecified atom stereocenters. The van der Waals surface area contributed by atoms with Gasteiger partial charge in [0.15, 0.2) is 0 Å². The first-order valence-electron chi connectivity index (χ1n) is 10.7. The van der Waals surface area contributed by atoms with Crippen LogP contribution in [0.4, 0.5) is 10.7 Å². The second kappa shape index (κ2) is 8.91. The molecule has 2 aromatic carbocycles. The van der Waals surface area contributed by atoms with E-state index in [4.69, 9.17) is 9.72 Å². The lowest BCUT2D eigenvalue weighted by molar-refractivity contribution is 0.0500. The smallest absolute Gasteiger partial charge is 0.407 e. The average molecular weight is 485 g/mol. The van der Waals surface area contributed by atoms with Crippen LogP contribution in [0.3, 0.4) is 0 Å². The van der Waals surface area contributed by atoms with E-state index in [1.807, 2.05) is 26.8 Å². The summed E-state index contributed by atoms with van der Waals surface area (Å²) in [7, 11) is 0. The number of para-hydroxylation sites is 2. The van der Waals surface area contributed by atoms with Crippen molar-refractivity contribution in [1.82, 2.24) is 14.9 Å². The number of anilines is 1. The van der Waals surface area contributed by atoms with Crippen LogP contribution in [0.5, 0.6) is 0 Å². The Kier molecular flexibility index (Phi) is 6.23. The number of aromatic nitrogens is 2. The van der Waals surface area contributed by atoms with E-state index in [0.717, 1.165) is 47.4 Å². The maximum atomic E-state index is 12.3. The van der Waals surface area contributed by atoms with E-state index in [9.17, 15) is 4.79 Å². The van der Waals surface area contributed by atoms with Crippen LogP contribution in [-0.4, -0.2) is 40.4 Å². The lowest BCUT2D eigenvalue weighted by atomic mass is 10.1. The quantitative estimate of drug-likeness (QED) is 0.542. The van der Waals surface area contributed by atoms with Crippen LogP contribution in [0.25, 0.3) is 11.0 Å². The summed E-state index contributed by atoms with van der Waals surface area (Å²) in [6.45, 7) is 8.00. The first kappa shape index (κ1) is 21.7. The molecule has 1 N–H and O–H groups in total. The van der Waals surface area contributed by atoms with Gasteiger partial charge in [-0.2, -0.15) is 0 Å². The van der Waals surface area contributed by atoms with Gasteiger partial charge in [-0.15, -0.1) is 0 Å². The van der Waals surface area contributed by atoms with Gasteiger partial charge in [0.05, 0.1) is 17.6 Å². The van der Waals surface area contributed by atoms with Crippen LogP contribution >= 0.6 is 15.9 Å². The summed E-state index contributed by atoms with van der Waals surface area (Å²) < 4.78 is 8.79. The number of nitrogens with one attached hydrogen (secondary N) is 1. The van der Waals surface area contributed by atoms with Gasteiger partial charge in [-0.05, 0) is 63.4 Å². The number of hydrogen-bond donors (Lipinski definition) is 1. The number of piperidine rings is 1. The first-order valence-corrected chi connectivity index (χ1v) is 11.5. The molecule has 7 heteroatoms. The molecule has 1 saturated heterocycles. The molecule has 0 bridgehead atoms. The van der Waals surface area contributed by atoms with Crippen molar-refractivity contribution in [3.63, 3.8) is 0 Å². The van der Waals surface area contributed by atoms with E-state index in [0.29, 0.717) is 6.54 Å².